The molecule has 0 aromatic carbocycles. The van der Waals surface area contributed by atoms with Gasteiger partial charge in [0.15, 0.2) is 0 Å². The van der Waals surface area contributed by atoms with Gasteiger partial charge in [0.25, 0.3) is 5.91 Å². The van der Waals surface area contributed by atoms with E-state index in [0.29, 0.717) is 5.92 Å². The van der Waals surface area contributed by atoms with Gasteiger partial charge in [-0.15, -0.1) is 0 Å². The third-order valence-electron chi connectivity index (χ3n) is 3.31. The van der Waals surface area contributed by atoms with Crippen molar-refractivity contribution in [2.45, 2.75) is 39.0 Å². The third kappa shape index (κ3) is 3.23. The van der Waals surface area contributed by atoms with E-state index >= 15 is 0 Å². The predicted molar refractivity (Wildman–Crippen MR) is 81.4 cm³/mol. The number of allylic oxidation sites excluding steroid dienone is 3. The van der Waals surface area contributed by atoms with Gasteiger partial charge in [0.2, 0.25) is 0 Å². The average Bonchev–Trinajstić information content (AvgIpc) is 2.64. The molecule has 0 bridgehead atoms. The summed E-state index contributed by atoms with van der Waals surface area (Å²) in [4.78, 5) is 14.8. The van der Waals surface area contributed by atoms with Crippen LogP contribution in [0.3, 0.4) is 0 Å². The summed E-state index contributed by atoms with van der Waals surface area (Å²) in [5.41, 5.74) is 0. The highest BCUT2D eigenvalue weighted by Gasteiger charge is 2.31. The van der Waals surface area contributed by atoms with Gasteiger partial charge in [0.1, 0.15) is 4.32 Å². The molecule has 0 saturated carbocycles. The molecule has 1 saturated heterocycles. The van der Waals surface area contributed by atoms with Crippen molar-refractivity contribution in [2.75, 3.05) is 6.54 Å². The summed E-state index contributed by atoms with van der Waals surface area (Å²) in [6, 6.07) is 0. The van der Waals surface area contributed by atoms with Crippen molar-refractivity contribution in [3.63, 3.8) is 0 Å². The number of carbonyl (C=O) groups is 1. The number of hydrogen-bond donors (Lipinski definition) is 0. The van der Waals surface area contributed by atoms with Gasteiger partial charge < -0.3 is 0 Å². The number of thiocarbonyl (C=S) groups is 1. The molecule has 0 radical (unpaired) electrons. The van der Waals surface area contributed by atoms with E-state index in [4.69, 9.17) is 12.2 Å². The van der Waals surface area contributed by atoms with Crippen LogP contribution >= 0.6 is 24.0 Å². The molecule has 1 atom stereocenters. The molecular formula is C14H19NOS2. The maximum absolute atomic E-state index is 12.2. The van der Waals surface area contributed by atoms with E-state index < -0.39 is 0 Å². The van der Waals surface area contributed by atoms with Gasteiger partial charge in [-0.25, -0.2) is 0 Å². The molecule has 0 aromatic heterocycles. The van der Waals surface area contributed by atoms with E-state index in [2.05, 4.69) is 25.2 Å². The Morgan fingerprint density at radius 3 is 3.06 bits per heavy atom. The zero-order chi connectivity index (χ0) is 13.0. The normalized spacial score (nSPS) is 26.4. The highest BCUT2D eigenvalue weighted by Crippen LogP contribution is 2.34. The van der Waals surface area contributed by atoms with E-state index in [9.17, 15) is 4.79 Å². The fourth-order valence-corrected chi connectivity index (χ4v) is 3.58. The Bertz CT molecular complexity index is 401. The summed E-state index contributed by atoms with van der Waals surface area (Å²) in [6.07, 6.45) is 12.0. The lowest BCUT2D eigenvalue weighted by Gasteiger charge is -2.14. The van der Waals surface area contributed by atoms with Crippen molar-refractivity contribution in [3.8, 4) is 0 Å². The fourth-order valence-electron chi connectivity index (χ4n) is 2.21. The van der Waals surface area contributed by atoms with Crippen LogP contribution in [0, 0.1) is 5.92 Å². The average molecular weight is 281 g/mol. The van der Waals surface area contributed by atoms with Crippen LogP contribution in [0.15, 0.2) is 23.1 Å². The summed E-state index contributed by atoms with van der Waals surface area (Å²) in [5, 5.41) is 0. The van der Waals surface area contributed by atoms with Crippen LogP contribution in [-0.4, -0.2) is 21.7 Å². The van der Waals surface area contributed by atoms with Crippen LogP contribution in [0.5, 0.6) is 0 Å². The molecule has 98 valence electrons. The highest BCUT2D eigenvalue weighted by molar-refractivity contribution is 8.26. The monoisotopic (exact) mass is 281 g/mol. The second-order valence-electron chi connectivity index (χ2n) is 4.75. The summed E-state index contributed by atoms with van der Waals surface area (Å²) in [5.74, 6) is 0.628. The lowest BCUT2D eigenvalue weighted by Crippen LogP contribution is -2.29. The molecule has 0 spiro atoms. The Labute approximate surface area is 118 Å². The van der Waals surface area contributed by atoms with Crippen LogP contribution in [0.2, 0.25) is 0 Å². The number of unbranched alkanes of at least 4 members (excludes halogenated alkanes) is 1. The highest BCUT2D eigenvalue weighted by atomic mass is 32.2. The summed E-state index contributed by atoms with van der Waals surface area (Å²) in [6.45, 7) is 2.89. The molecule has 1 fully saturated rings. The van der Waals surface area contributed by atoms with Crippen molar-refractivity contribution >= 4 is 34.2 Å². The first-order valence-corrected chi connectivity index (χ1v) is 7.85. The number of thioether (sulfide) groups is 1. The zero-order valence-electron chi connectivity index (χ0n) is 10.7. The molecule has 2 rings (SSSR count). The first-order valence-electron chi connectivity index (χ1n) is 6.63. The fraction of sp³-hybridized carbons (Fsp3) is 0.571. The number of amides is 1. The first-order chi connectivity index (χ1) is 8.72. The van der Waals surface area contributed by atoms with Crippen molar-refractivity contribution in [2.24, 2.45) is 5.92 Å². The molecule has 18 heavy (non-hydrogen) atoms. The smallest absolute Gasteiger partial charge is 0.265 e. The Balaban J connectivity index is 2.02. The van der Waals surface area contributed by atoms with E-state index in [0.717, 1.165) is 47.9 Å². The molecule has 2 nitrogen and oxygen atoms in total. The summed E-state index contributed by atoms with van der Waals surface area (Å²) in [7, 11) is 0. The van der Waals surface area contributed by atoms with Crippen molar-refractivity contribution < 1.29 is 4.79 Å². The molecule has 0 unspecified atom stereocenters. The number of nitrogens with zero attached hydrogens (tertiary/aromatic N) is 1. The minimum Gasteiger partial charge on any atom is -0.293 e. The Morgan fingerprint density at radius 2 is 2.39 bits per heavy atom. The lowest BCUT2D eigenvalue weighted by molar-refractivity contribution is -0.122. The predicted octanol–water partition coefficient (Wildman–Crippen LogP) is 3.89. The van der Waals surface area contributed by atoms with Crippen LogP contribution < -0.4 is 0 Å². The van der Waals surface area contributed by atoms with Crippen LogP contribution in [0.1, 0.15) is 39.0 Å². The molecule has 0 N–H and O–H groups in total. The molecule has 1 heterocycles. The summed E-state index contributed by atoms with van der Waals surface area (Å²) < 4.78 is 0.728. The molecule has 4 heteroatoms. The maximum atomic E-state index is 12.2. The number of hydrogen-bond acceptors (Lipinski definition) is 3. The van der Waals surface area contributed by atoms with Gasteiger partial charge >= 0.3 is 0 Å². The zero-order valence-corrected chi connectivity index (χ0v) is 12.4. The third-order valence-corrected chi connectivity index (χ3v) is 4.70. The Hall–Kier alpha value is -0.610. The molecule has 2 aliphatic rings. The van der Waals surface area contributed by atoms with Gasteiger partial charge in [-0.05, 0) is 31.6 Å². The molecule has 1 aliphatic heterocycles. The SMILES string of the molecule is CCCCN1C(=O)/C(=C\[C@@H]2CC=CCC2)SC1=S. The minimum absolute atomic E-state index is 0.119. The molecule has 0 aromatic rings. The van der Waals surface area contributed by atoms with E-state index in [-0.39, 0.29) is 5.91 Å². The number of carbonyl (C=O) groups excluding carboxylic acids is 1. The quantitative estimate of drug-likeness (QED) is 0.443. The Morgan fingerprint density at radius 1 is 1.56 bits per heavy atom. The second kappa shape index (κ2) is 6.53. The van der Waals surface area contributed by atoms with Crippen LogP contribution in [0.4, 0.5) is 0 Å². The van der Waals surface area contributed by atoms with Crippen LogP contribution in [0.25, 0.3) is 0 Å². The topological polar surface area (TPSA) is 20.3 Å². The maximum Gasteiger partial charge on any atom is 0.265 e. The van der Waals surface area contributed by atoms with Crippen molar-refractivity contribution in [1.82, 2.24) is 4.90 Å². The van der Waals surface area contributed by atoms with E-state index in [1.807, 2.05) is 0 Å². The summed E-state index contributed by atoms with van der Waals surface area (Å²) >= 11 is 6.76. The van der Waals surface area contributed by atoms with Gasteiger partial charge in [-0.2, -0.15) is 0 Å². The van der Waals surface area contributed by atoms with Crippen molar-refractivity contribution in [1.29, 1.82) is 0 Å². The molecular weight excluding hydrogens is 262 g/mol. The van der Waals surface area contributed by atoms with Crippen molar-refractivity contribution in [3.05, 3.63) is 23.1 Å². The molecule has 1 amide bonds. The van der Waals surface area contributed by atoms with Gasteiger partial charge in [0, 0.05) is 6.54 Å². The second-order valence-corrected chi connectivity index (χ2v) is 6.43. The van der Waals surface area contributed by atoms with Gasteiger partial charge in [-0.1, -0.05) is 55.6 Å². The largest absolute Gasteiger partial charge is 0.293 e. The number of rotatable bonds is 4. The van der Waals surface area contributed by atoms with Gasteiger partial charge in [0.05, 0.1) is 4.91 Å². The van der Waals surface area contributed by atoms with Gasteiger partial charge in [-0.3, -0.25) is 9.69 Å². The first kappa shape index (κ1) is 13.8. The standard InChI is InChI=1S/C14H19NOS2/c1-2-3-9-15-13(16)12(18-14(15)17)10-11-7-5-4-6-8-11/h4-5,10-11H,2-3,6-9H2,1H3/b12-10+/t11-/m1/s1. The van der Waals surface area contributed by atoms with Crippen LogP contribution in [-0.2, 0) is 4.79 Å². The molecule has 1 aliphatic carbocycles. The van der Waals surface area contributed by atoms with E-state index in [1.54, 1.807) is 4.90 Å². The minimum atomic E-state index is 0.119. The lowest BCUT2D eigenvalue weighted by atomic mass is 9.94. The Kier molecular flexibility index (Phi) is 5.01. The van der Waals surface area contributed by atoms with E-state index in [1.165, 1.54) is 11.8 Å².